The summed E-state index contributed by atoms with van der Waals surface area (Å²) in [4.78, 5) is 4.10. The smallest absolute Gasteiger partial charge is 0.214 e. The van der Waals surface area contributed by atoms with Crippen LogP contribution in [0.25, 0.3) is 0 Å². The molecule has 16 heavy (non-hydrogen) atoms. The molecule has 1 fully saturated rings. The van der Waals surface area contributed by atoms with E-state index >= 15 is 0 Å². The first-order valence-corrected chi connectivity index (χ1v) is 5.86. The molecule has 0 saturated heterocycles. The number of nitrogens with zero attached hydrogens (tertiary/aromatic N) is 1. The summed E-state index contributed by atoms with van der Waals surface area (Å²) in [6.07, 6.45) is 5.56. The molecule has 88 valence electrons. The van der Waals surface area contributed by atoms with Crippen molar-refractivity contribution in [3.63, 3.8) is 0 Å². The average Bonchev–Trinajstić information content (AvgIpc) is 2.58. The van der Waals surface area contributed by atoms with E-state index in [0.717, 1.165) is 5.69 Å². The van der Waals surface area contributed by atoms with Crippen molar-refractivity contribution in [3.05, 3.63) is 18.3 Å². The first kappa shape index (κ1) is 11.2. The molecule has 1 aromatic heterocycles. The third kappa shape index (κ3) is 2.65. The van der Waals surface area contributed by atoms with Gasteiger partial charge in [-0.1, -0.05) is 13.8 Å². The second-order valence-electron chi connectivity index (χ2n) is 5.34. The molecule has 1 saturated carbocycles. The van der Waals surface area contributed by atoms with Gasteiger partial charge >= 0.3 is 0 Å². The van der Waals surface area contributed by atoms with E-state index in [4.69, 9.17) is 4.74 Å². The normalized spacial score (nSPS) is 23.1. The minimum atomic E-state index is 0.481. The number of pyridine rings is 1. The fourth-order valence-corrected chi connectivity index (χ4v) is 2.41. The molecular weight excluding hydrogens is 200 g/mol. The highest BCUT2D eigenvalue weighted by Gasteiger charge is 2.30. The highest BCUT2D eigenvalue weighted by molar-refractivity contribution is 5.46. The maximum absolute atomic E-state index is 5.11. The quantitative estimate of drug-likeness (QED) is 0.850. The number of nitrogens with one attached hydrogen (secondary N) is 1. The van der Waals surface area contributed by atoms with Gasteiger partial charge in [0, 0.05) is 24.0 Å². The van der Waals surface area contributed by atoms with E-state index < -0.39 is 0 Å². The number of hydrogen-bond donors (Lipinski definition) is 1. The molecular formula is C13H20N2O. The van der Waals surface area contributed by atoms with Crippen LogP contribution in [0.1, 0.15) is 33.1 Å². The summed E-state index contributed by atoms with van der Waals surface area (Å²) in [7, 11) is 1.64. The van der Waals surface area contributed by atoms with Gasteiger partial charge in [-0.25, -0.2) is 4.98 Å². The Hall–Kier alpha value is -1.25. The van der Waals surface area contributed by atoms with Gasteiger partial charge in [0.2, 0.25) is 5.88 Å². The van der Waals surface area contributed by atoms with E-state index in [1.165, 1.54) is 19.3 Å². The second-order valence-corrected chi connectivity index (χ2v) is 5.34. The van der Waals surface area contributed by atoms with Crippen LogP contribution < -0.4 is 10.1 Å². The van der Waals surface area contributed by atoms with Crippen molar-refractivity contribution >= 4 is 5.69 Å². The molecule has 2 rings (SSSR count). The van der Waals surface area contributed by atoms with E-state index in [0.29, 0.717) is 17.3 Å². The summed E-state index contributed by atoms with van der Waals surface area (Å²) in [5.74, 6) is 0.669. The van der Waals surface area contributed by atoms with Crippen molar-refractivity contribution in [1.82, 2.24) is 4.98 Å². The number of methoxy groups -OCH3 is 1. The van der Waals surface area contributed by atoms with Gasteiger partial charge in [-0.15, -0.1) is 0 Å². The Morgan fingerprint density at radius 2 is 2.31 bits per heavy atom. The van der Waals surface area contributed by atoms with E-state index in [1.54, 1.807) is 13.3 Å². The summed E-state index contributed by atoms with van der Waals surface area (Å²) in [5, 5.41) is 3.55. The molecule has 0 amide bonds. The van der Waals surface area contributed by atoms with Gasteiger partial charge < -0.3 is 10.1 Å². The molecule has 1 heterocycles. The molecule has 1 aliphatic carbocycles. The first-order valence-electron chi connectivity index (χ1n) is 5.86. The Labute approximate surface area is 97.2 Å². The standard InChI is InChI=1S/C13H20N2O/c1-13(2)6-4-11(9-13)15-10-5-7-14-12(8-10)16-3/h5,7-8,11H,4,6,9H2,1-3H3,(H,14,15). The number of ether oxygens (including phenoxy) is 1. The molecule has 0 spiro atoms. The molecule has 0 radical (unpaired) electrons. The lowest BCUT2D eigenvalue weighted by molar-refractivity contribution is 0.378. The third-order valence-corrected chi connectivity index (χ3v) is 3.28. The van der Waals surface area contributed by atoms with Gasteiger partial charge in [-0.05, 0) is 30.7 Å². The van der Waals surface area contributed by atoms with Crippen molar-refractivity contribution in [1.29, 1.82) is 0 Å². The second kappa shape index (κ2) is 4.32. The summed E-state index contributed by atoms with van der Waals surface area (Å²) >= 11 is 0. The number of hydrogen-bond acceptors (Lipinski definition) is 3. The predicted molar refractivity (Wildman–Crippen MR) is 65.8 cm³/mol. The van der Waals surface area contributed by atoms with Crippen LogP contribution in [0, 0.1) is 5.41 Å². The lowest BCUT2D eigenvalue weighted by Crippen LogP contribution is -2.17. The fraction of sp³-hybridized carbons (Fsp3) is 0.615. The Morgan fingerprint density at radius 1 is 1.50 bits per heavy atom. The summed E-state index contributed by atoms with van der Waals surface area (Å²) in [6, 6.07) is 4.53. The topological polar surface area (TPSA) is 34.1 Å². The molecule has 0 bridgehead atoms. The Morgan fingerprint density at radius 3 is 2.94 bits per heavy atom. The lowest BCUT2D eigenvalue weighted by Gasteiger charge is -2.18. The van der Waals surface area contributed by atoms with E-state index in [9.17, 15) is 0 Å². The van der Waals surface area contributed by atoms with E-state index in [1.807, 2.05) is 12.1 Å². The van der Waals surface area contributed by atoms with Gasteiger partial charge in [0.05, 0.1) is 7.11 Å². The van der Waals surface area contributed by atoms with E-state index in [2.05, 4.69) is 24.1 Å². The largest absolute Gasteiger partial charge is 0.481 e. The molecule has 3 heteroatoms. The SMILES string of the molecule is COc1cc(NC2CCC(C)(C)C2)ccn1. The molecule has 1 atom stereocenters. The van der Waals surface area contributed by atoms with Crippen molar-refractivity contribution in [2.45, 2.75) is 39.2 Å². The molecule has 1 aromatic rings. The Bertz CT molecular complexity index is 363. The van der Waals surface area contributed by atoms with Crippen molar-refractivity contribution < 1.29 is 4.74 Å². The Kier molecular flexibility index (Phi) is 3.03. The summed E-state index contributed by atoms with van der Waals surface area (Å²) < 4.78 is 5.11. The predicted octanol–water partition coefficient (Wildman–Crippen LogP) is 3.08. The highest BCUT2D eigenvalue weighted by atomic mass is 16.5. The third-order valence-electron chi connectivity index (χ3n) is 3.28. The van der Waals surface area contributed by atoms with Gasteiger partial charge in [0.25, 0.3) is 0 Å². The van der Waals surface area contributed by atoms with Crippen molar-refractivity contribution in [2.24, 2.45) is 5.41 Å². The first-order chi connectivity index (χ1) is 7.59. The maximum Gasteiger partial charge on any atom is 0.214 e. The average molecular weight is 220 g/mol. The molecule has 1 unspecified atom stereocenters. The molecule has 1 aliphatic rings. The minimum absolute atomic E-state index is 0.481. The van der Waals surface area contributed by atoms with Gasteiger partial charge in [-0.3, -0.25) is 0 Å². The monoisotopic (exact) mass is 220 g/mol. The number of anilines is 1. The fourth-order valence-electron chi connectivity index (χ4n) is 2.41. The van der Waals surface area contributed by atoms with Crippen LogP contribution in [-0.4, -0.2) is 18.1 Å². The molecule has 0 aromatic carbocycles. The maximum atomic E-state index is 5.11. The van der Waals surface area contributed by atoms with E-state index in [-0.39, 0.29) is 0 Å². The molecule has 1 N–H and O–H groups in total. The van der Waals surface area contributed by atoms with Gasteiger partial charge in [-0.2, -0.15) is 0 Å². The number of rotatable bonds is 3. The van der Waals surface area contributed by atoms with Crippen LogP contribution in [0.4, 0.5) is 5.69 Å². The zero-order chi connectivity index (χ0) is 11.6. The van der Waals surface area contributed by atoms with Crippen LogP contribution >= 0.6 is 0 Å². The zero-order valence-corrected chi connectivity index (χ0v) is 10.3. The van der Waals surface area contributed by atoms with Crippen LogP contribution in [0.3, 0.4) is 0 Å². The Balaban J connectivity index is 1.99. The molecule has 3 nitrogen and oxygen atoms in total. The zero-order valence-electron chi connectivity index (χ0n) is 10.3. The summed E-state index contributed by atoms with van der Waals surface area (Å²) in [6.45, 7) is 4.67. The van der Waals surface area contributed by atoms with Crippen molar-refractivity contribution in [3.8, 4) is 5.88 Å². The van der Waals surface area contributed by atoms with Crippen LogP contribution in [0.15, 0.2) is 18.3 Å². The lowest BCUT2D eigenvalue weighted by atomic mass is 9.92. The van der Waals surface area contributed by atoms with Crippen LogP contribution in [0.2, 0.25) is 0 Å². The number of aromatic nitrogens is 1. The van der Waals surface area contributed by atoms with Crippen LogP contribution in [-0.2, 0) is 0 Å². The van der Waals surface area contributed by atoms with Crippen molar-refractivity contribution in [2.75, 3.05) is 12.4 Å². The molecule has 0 aliphatic heterocycles. The van der Waals surface area contributed by atoms with Crippen LogP contribution in [0.5, 0.6) is 5.88 Å². The van der Waals surface area contributed by atoms with Gasteiger partial charge in [0.15, 0.2) is 0 Å². The highest BCUT2D eigenvalue weighted by Crippen LogP contribution is 2.38. The van der Waals surface area contributed by atoms with Gasteiger partial charge in [0.1, 0.15) is 0 Å². The summed E-state index contributed by atoms with van der Waals surface area (Å²) in [5.41, 5.74) is 1.59. The minimum Gasteiger partial charge on any atom is -0.481 e.